The van der Waals surface area contributed by atoms with Crippen molar-refractivity contribution in [3.05, 3.63) is 35.4 Å². The average Bonchev–Trinajstić information content (AvgIpc) is 2.41. The van der Waals surface area contributed by atoms with Crippen molar-refractivity contribution in [1.29, 1.82) is 0 Å². The summed E-state index contributed by atoms with van der Waals surface area (Å²) in [6.07, 6.45) is 0. The summed E-state index contributed by atoms with van der Waals surface area (Å²) < 4.78 is 0. The van der Waals surface area contributed by atoms with Crippen molar-refractivity contribution >= 4 is 11.9 Å². The van der Waals surface area contributed by atoms with Gasteiger partial charge >= 0.3 is 5.97 Å². The van der Waals surface area contributed by atoms with Crippen LogP contribution >= 0.6 is 0 Å². The maximum atomic E-state index is 11.9. The minimum absolute atomic E-state index is 0.104. The Hall–Kier alpha value is -1.92. The second-order valence-electron chi connectivity index (χ2n) is 5.09. The summed E-state index contributed by atoms with van der Waals surface area (Å²) >= 11 is 0. The highest BCUT2D eigenvalue weighted by Gasteiger charge is 2.21. The van der Waals surface area contributed by atoms with E-state index in [9.17, 15) is 9.59 Å². The van der Waals surface area contributed by atoms with Crippen LogP contribution in [0.4, 0.5) is 0 Å². The maximum Gasteiger partial charge on any atom is 0.373 e. The van der Waals surface area contributed by atoms with Crippen LogP contribution in [0.2, 0.25) is 0 Å². The van der Waals surface area contributed by atoms with Crippen LogP contribution in [0, 0.1) is 0 Å². The molecule has 2 N–H and O–H groups in total. The predicted octanol–water partition coefficient (Wildman–Crippen LogP) is 1.30. The van der Waals surface area contributed by atoms with Crippen molar-refractivity contribution in [2.45, 2.75) is 26.4 Å². The lowest BCUT2D eigenvalue weighted by molar-refractivity contribution is -0.301. The zero-order valence-electron chi connectivity index (χ0n) is 11.8. The van der Waals surface area contributed by atoms with Crippen LogP contribution in [0.5, 0.6) is 0 Å². The molecule has 20 heavy (non-hydrogen) atoms. The topological polar surface area (TPSA) is 84.9 Å². The van der Waals surface area contributed by atoms with Crippen LogP contribution < -0.4 is 5.32 Å². The molecule has 0 fully saturated rings. The summed E-state index contributed by atoms with van der Waals surface area (Å²) in [5, 5.41) is 11.2. The number of carbonyl (C=O) groups is 2. The molecule has 0 radical (unpaired) electrons. The molecule has 6 heteroatoms. The fourth-order valence-corrected chi connectivity index (χ4v) is 1.33. The van der Waals surface area contributed by atoms with Gasteiger partial charge in [0, 0.05) is 6.54 Å². The average molecular weight is 281 g/mol. The highest BCUT2D eigenvalue weighted by molar-refractivity contribution is 6.05. The minimum atomic E-state index is -0.741. The molecular formula is C14H19NO5. The van der Waals surface area contributed by atoms with Crippen molar-refractivity contribution in [2.24, 2.45) is 0 Å². The molecule has 0 bridgehead atoms. The van der Waals surface area contributed by atoms with Gasteiger partial charge in [0.1, 0.15) is 5.60 Å². The van der Waals surface area contributed by atoms with Gasteiger partial charge in [-0.3, -0.25) is 9.68 Å². The SMILES string of the molecule is CC(C)(C)OOC(=O)c1ccccc1C(=O)NCCO. The Labute approximate surface area is 117 Å². The van der Waals surface area contributed by atoms with E-state index in [4.69, 9.17) is 14.9 Å². The highest BCUT2D eigenvalue weighted by atomic mass is 17.2. The molecule has 0 spiro atoms. The number of nitrogens with one attached hydrogen (secondary N) is 1. The second-order valence-corrected chi connectivity index (χ2v) is 5.09. The molecule has 1 aromatic carbocycles. The largest absolute Gasteiger partial charge is 0.395 e. The number of hydrogen-bond donors (Lipinski definition) is 2. The van der Waals surface area contributed by atoms with E-state index in [0.717, 1.165) is 0 Å². The standard InChI is InChI=1S/C14H19NO5/c1-14(2,3)20-19-13(18)11-7-5-4-6-10(11)12(17)15-8-9-16/h4-7,16H,8-9H2,1-3H3,(H,15,17). The molecule has 0 aromatic heterocycles. The lowest BCUT2D eigenvalue weighted by Crippen LogP contribution is -2.29. The Morgan fingerprint density at radius 2 is 1.80 bits per heavy atom. The molecule has 0 aliphatic rings. The fraction of sp³-hybridized carbons (Fsp3) is 0.429. The van der Waals surface area contributed by atoms with Crippen LogP contribution in [0.25, 0.3) is 0 Å². The number of carbonyl (C=O) groups excluding carboxylic acids is 2. The zero-order valence-corrected chi connectivity index (χ0v) is 11.8. The van der Waals surface area contributed by atoms with E-state index in [-0.39, 0.29) is 24.3 Å². The van der Waals surface area contributed by atoms with Crippen molar-refractivity contribution in [1.82, 2.24) is 5.32 Å². The zero-order chi connectivity index (χ0) is 15.2. The molecule has 0 saturated heterocycles. The normalized spacial score (nSPS) is 11.0. The van der Waals surface area contributed by atoms with Gasteiger partial charge in [0.2, 0.25) is 0 Å². The molecular weight excluding hydrogens is 262 g/mol. The molecule has 0 saturated carbocycles. The van der Waals surface area contributed by atoms with E-state index in [1.165, 1.54) is 12.1 Å². The van der Waals surface area contributed by atoms with E-state index in [2.05, 4.69) is 5.32 Å². The first kappa shape index (κ1) is 16.1. The Bertz CT molecular complexity index is 479. The Balaban J connectivity index is 2.84. The van der Waals surface area contributed by atoms with Crippen molar-refractivity contribution < 1.29 is 24.5 Å². The molecule has 0 unspecified atom stereocenters. The third-order valence-electron chi connectivity index (χ3n) is 2.16. The second kappa shape index (κ2) is 7.02. The number of aliphatic hydroxyl groups excluding tert-OH is 1. The van der Waals surface area contributed by atoms with Gasteiger partial charge in [-0.25, -0.2) is 4.79 Å². The van der Waals surface area contributed by atoms with Gasteiger partial charge in [0.25, 0.3) is 5.91 Å². The van der Waals surface area contributed by atoms with Crippen molar-refractivity contribution in [2.75, 3.05) is 13.2 Å². The molecule has 1 amide bonds. The van der Waals surface area contributed by atoms with Gasteiger partial charge in [-0.1, -0.05) is 12.1 Å². The van der Waals surface area contributed by atoms with E-state index in [1.807, 2.05) is 0 Å². The number of benzene rings is 1. The molecule has 0 aliphatic heterocycles. The molecule has 110 valence electrons. The quantitative estimate of drug-likeness (QED) is 0.627. The van der Waals surface area contributed by atoms with E-state index in [0.29, 0.717) is 0 Å². The van der Waals surface area contributed by atoms with Gasteiger partial charge in [0.15, 0.2) is 0 Å². The molecule has 0 heterocycles. The van der Waals surface area contributed by atoms with Crippen LogP contribution in [0.1, 0.15) is 41.5 Å². The van der Waals surface area contributed by atoms with Crippen LogP contribution in [0.15, 0.2) is 24.3 Å². The predicted molar refractivity (Wildman–Crippen MR) is 72.1 cm³/mol. The van der Waals surface area contributed by atoms with E-state index < -0.39 is 17.5 Å². The number of amides is 1. The summed E-state index contributed by atoms with van der Waals surface area (Å²) in [7, 11) is 0. The van der Waals surface area contributed by atoms with Gasteiger partial charge in [0.05, 0.1) is 17.7 Å². The lowest BCUT2D eigenvalue weighted by Gasteiger charge is -2.17. The van der Waals surface area contributed by atoms with Crippen LogP contribution in [-0.4, -0.2) is 35.7 Å². The summed E-state index contributed by atoms with van der Waals surface area (Å²) in [5.74, 6) is -1.20. The summed E-state index contributed by atoms with van der Waals surface area (Å²) in [5.41, 5.74) is -0.361. The molecule has 1 rings (SSSR count). The first-order valence-corrected chi connectivity index (χ1v) is 6.23. The lowest BCUT2D eigenvalue weighted by atomic mass is 10.1. The molecule has 0 atom stereocenters. The minimum Gasteiger partial charge on any atom is -0.395 e. The molecule has 0 aliphatic carbocycles. The molecule has 1 aromatic rings. The van der Waals surface area contributed by atoms with Crippen LogP contribution in [0.3, 0.4) is 0 Å². The Morgan fingerprint density at radius 1 is 1.20 bits per heavy atom. The summed E-state index contributed by atoms with van der Waals surface area (Å²) in [6.45, 7) is 5.15. The number of aliphatic hydroxyl groups is 1. The van der Waals surface area contributed by atoms with Gasteiger partial charge in [-0.15, -0.1) is 0 Å². The van der Waals surface area contributed by atoms with Gasteiger partial charge in [-0.2, -0.15) is 4.89 Å². The van der Waals surface area contributed by atoms with E-state index in [1.54, 1.807) is 32.9 Å². The first-order valence-electron chi connectivity index (χ1n) is 6.23. The molecule has 6 nitrogen and oxygen atoms in total. The summed E-state index contributed by atoms with van der Waals surface area (Å²) in [4.78, 5) is 33.4. The number of hydrogen-bond acceptors (Lipinski definition) is 5. The maximum absolute atomic E-state index is 11.9. The van der Waals surface area contributed by atoms with Gasteiger partial charge in [-0.05, 0) is 32.9 Å². The number of rotatable bonds is 5. The smallest absolute Gasteiger partial charge is 0.373 e. The Morgan fingerprint density at radius 3 is 2.35 bits per heavy atom. The first-order chi connectivity index (χ1) is 9.35. The van der Waals surface area contributed by atoms with Crippen molar-refractivity contribution in [3.63, 3.8) is 0 Å². The summed E-state index contributed by atoms with van der Waals surface area (Å²) in [6, 6.07) is 6.23. The highest BCUT2D eigenvalue weighted by Crippen LogP contribution is 2.13. The van der Waals surface area contributed by atoms with E-state index >= 15 is 0 Å². The fourth-order valence-electron chi connectivity index (χ4n) is 1.33. The van der Waals surface area contributed by atoms with Crippen molar-refractivity contribution in [3.8, 4) is 0 Å². The third-order valence-corrected chi connectivity index (χ3v) is 2.16. The monoisotopic (exact) mass is 281 g/mol. The van der Waals surface area contributed by atoms with Crippen LogP contribution in [-0.2, 0) is 9.78 Å². The Kier molecular flexibility index (Phi) is 5.66. The third kappa shape index (κ3) is 4.99. The van der Waals surface area contributed by atoms with Gasteiger partial charge < -0.3 is 10.4 Å².